The number of carbonyl (C=O) groups excluding carboxylic acids is 1. The van der Waals surface area contributed by atoms with Gasteiger partial charge in [-0.2, -0.15) is 0 Å². The predicted molar refractivity (Wildman–Crippen MR) is 51.6 cm³/mol. The van der Waals surface area contributed by atoms with Crippen LogP contribution in [0, 0.1) is 23.5 Å². The SMILES string of the molecule is O=CCC#Cc1c(F)cc(F)cc1Br. The van der Waals surface area contributed by atoms with Crippen molar-refractivity contribution in [3.8, 4) is 11.8 Å². The third kappa shape index (κ3) is 2.64. The van der Waals surface area contributed by atoms with Gasteiger partial charge >= 0.3 is 0 Å². The van der Waals surface area contributed by atoms with E-state index in [9.17, 15) is 13.6 Å². The van der Waals surface area contributed by atoms with E-state index in [-0.39, 0.29) is 16.5 Å². The Morgan fingerprint density at radius 2 is 2.14 bits per heavy atom. The Morgan fingerprint density at radius 1 is 1.43 bits per heavy atom. The average Bonchev–Trinajstić information content (AvgIpc) is 2.09. The fourth-order valence-corrected chi connectivity index (χ4v) is 1.35. The summed E-state index contributed by atoms with van der Waals surface area (Å²) in [6, 6.07) is 1.86. The maximum Gasteiger partial charge on any atom is 0.142 e. The van der Waals surface area contributed by atoms with Gasteiger partial charge in [0.2, 0.25) is 0 Å². The molecule has 0 spiro atoms. The van der Waals surface area contributed by atoms with Gasteiger partial charge in [-0.05, 0) is 22.0 Å². The van der Waals surface area contributed by atoms with E-state index in [2.05, 4.69) is 27.8 Å². The summed E-state index contributed by atoms with van der Waals surface area (Å²) in [4.78, 5) is 9.95. The topological polar surface area (TPSA) is 17.1 Å². The lowest BCUT2D eigenvalue weighted by Gasteiger charge is -1.98. The first-order chi connectivity index (χ1) is 6.65. The Balaban J connectivity index is 3.10. The summed E-state index contributed by atoms with van der Waals surface area (Å²) in [5.74, 6) is 3.47. The van der Waals surface area contributed by atoms with Crippen molar-refractivity contribution in [1.29, 1.82) is 0 Å². The minimum absolute atomic E-state index is 0.0310. The molecule has 14 heavy (non-hydrogen) atoms. The molecule has 0 radical (unpaired) electrons. The highest BCUT2D eigenvalue weighted by molar-refractivity contribution is 9.10. The normalized spacial score (nSPS) is 9.07. The molecule has 0 N–H and O–H groups in total. The molecule has 1 nitrogen and oxygen atoms in total. The van der Waals surface area contributed by atoms with Gasteiger partial charge in [-0.3, -0.25) is 0 Å². The molecule has 72 valence electrons. The van der Waals surface area contributed by atoms with Crippen LogP contribution in [0.25, 0.3) is 0 Å². The van der Waals surface area contributed by atoms with Crippen molar-refractivity contribution >= 4 is 22.2 Å². The molecular formula is C10H5BrF2O. The van der Waals surface area contributed by atoms with Gasteiger partial charge in [0.15, 0.2) is 0 Å². The lowest BCUT2D eigenvalue weighted by Crippen LogP contribution is -1.88. The lowest BCUT2D eigenvalue weighted by molar-refractivity contribution is -0.107. The van der Waals surface area contributed by atoms with Gasteiger partial charge in [-0.25, -0.2) is 8.78 Å². The average molecular weight is 259 g/mol. The minimum atomic E-state index is -0.740. The summed E-state index contributed by atoms with van der Waals surface area (Å²) in [5.41, 5.74) is 0.0632. The molecule has 1 rings (SSSR count). The van der Waals surface area contributed by atoms with Crippen LogP contribution in [-0.2, 0) is 4.79 Å². The highest BCUT2D eigenvalue weighted by atomic mass is 79.9. The molecule has 0 saturated carbocycles. The van der Waals surface area contributed by atoms with Gasteiger partial charge < -0.3 is 4.79 Å². The highest BCUT2D eigenvalue weighted by Gasteiger charge is 2.06. The van der Waals surface area contributed by atoms with Crippen LogP contribution in [0.1, 0.15) is 12.0 Å². The molecule has 1 aromatic rings. The van der Waals surface area contributed by atoms with Crippen LogP contribution in [0.2, 0.25) is 0 Å². The molecule has 0 saturated heterocycles. The number of rotatable bonds is 1. The maximum atomic E-state index is 13.1. The number of halogens is 3. The molecule has 0 heterocycles. The van der Waals surface area contributed by atoms with Crippen LogP contribution >= 0.6 is 15.9 Å². The van der Waals surface area contributed by atoms with E-state index in [1.54, 1.807) is 0 Å². The van der Waals surface area contributed by atoms with E-state index >= 15 is 0 Å². The van der Waals surface area contributed by atoms with E-state index in [0.717, 1.165) is 12.1 Å². The van der Waals surface area contributed by atoms with Gasteiger partial charge in [-0.15, -0.1) is 0 Å². The fraction of sp³-hybridized carbons (Fsp3) is 0.100. The summed E-state index contributed by atoms with van der Waals surface area (Å²) in [6.45, 7) is 0. The number of hydrogen-bond donors (Lipinski definition) is 0. The third-order valence-electron chi connectivity index (χ3n) is 1.41. The van der Waals surface area contributed by atoms with Crippen LogP contribution < -0.4 is 0 Å². The van der Waals surface area contributed by atoms with Crippen molar-refractivity contribution in [1.82, 2.24) is 0 Å². The molecule has 0 aromatic heterocycles. The second-order valence-corrected chi connectivity index (χ2v) is 3.27. The van der Waals surface area contributed by atoms with Gasteiger partial charge in [0.25, 0.3) is 0 Å². The van der Waals surface area contributed by atoms with E-state index < -0.39 is 11.6 Å². The molecule has 0 aliphatic carbocycles. The second-order valence-electron chi connectivity index (χ2n) is 2.42. The lowest BCUT2D eigenvalue weighted by atomic mass is 10.2. The monoisotopic (exact) mass is 258 g/mol. The van der Waals surface area contributed by atoms with Crippen molar-refractivity contribution in [2.24, 2.45) is 0 Å². The van der Waals surface area contributed by atoms with Crippen molar-refractivity contribution in [2.45, 2.75) is 6.42 Å². The van der Waals surface area contributed by atoms with Crippen molar-refractivity contribution < 1.29 is 13.6 Å². The van der Waals surface area contributed by atoms with Crippen LogP contribution in [-0.4, -0.2) is 6.29 Å². The summed E-state index contributed by atoms with van der Waals surface area (Å²) < 4.78 is 25.9. The molecule has 0 atom stereocenters. The first-order valence-corrected chi connectivity index (χ1v) is 4.51. The first kappa shape index (κ1) is 10.9. The molecule has 0 bridgehead atoms. The molecule has 1 aromatic carbocycles. The quantitative estimate of drug-likeness (QED) is 0.559. The van der Waals surface area contributed by atoms with Gasteiger partial charge in [-0.1, -0.05) is 11.8 Å². The summed E-state index contributed by atoms with van der Waals surface area (Å²) in [6.07, 6.45) is 0.644. The van der Waals surface area contributed by atoms with E-state index in [0.29, 0.717) is 6.29 Å². The van der Waals surface area contributed by atoms with Gasteiger partial charge in [0.05, 0.1) is 12.0 Å². The Kier molecular flexibility index (Phi) is 3.78. The zero-order valence-corrected chi connectivity index (χ0v) is 8.57. The van der Waals surface area contributed by atoms with Crippen LogP contribution in [0.5, 0.6) is 0 Å². The van der Waals surface area contributed by atoms with E-state index in [1.807, 2.05) is 0 Å². The molecular weight excluding hydrogens is 254 g/mol. The largest absolute Gasteiger partial charge is 0.302 e. The Bertz CT molecular complexity index is 395. The number of hydrogen-bond acceptors (Lipinski definition) is 1. The summed E-state index contributed by atoms with van der Waals surface area (Å²) in [5, 5.41) is 0. The number of carbonyl (C=O) groups is 1. The minimum Gasteiger partial charge on any atom is -0.302 e. The number of aldehydes is 1. The standard InChI is InChI=1S/C10H5BrF2O/c11-9-5-7(12)6-10(13)8(9)3-1-2-4-14/h4-6H,2H2. The molecule has 0 fully saturated rings. The summed E-state index contributed by atoms with van der Waals surface area (Å²) >= 11 is 2.98. The predicted octanol–water partition coefficient (Wildman–Crippen LogP) is 2.67. The van der Waals surface area contributed by atoms with Crippen molar-refractivity contribution in [2.75, 3.05) is 0 Å². The number of benzene rings is 1. The zero-order chi connectivity index (χ0) is 10.6. The molecule has 0 aliphatic rings. The molecule has 0 aliphatic heterocycles. The van der Waals surface area contributed by atoms with E-state index in [1.165, 1.54) is 0 Å². The third-order valence-corrected chi connectivity index (χ3v) is 2.03. The Labute approximate surface area is 88.3 Å². The van der Waals surface area contributed by atoms with Crippen LogP contribution in [0.15, 0.2) is 16.6 Å². The highest BCUT2D eigenvalue weighted by Crippen LogP contribution is 2.20. The van der Waals surface area contributed by atoms with Crippen molar-refractivity contribution in [3.63, 3.8) is 0 Å². The first-order valence-electron chi connectivity index (χ1n) is 3.72. The Morgan fingerprint density at radius 3 is 2.71 bits per heavy atom. The van der Waals surface area contributed by atoms with E-state index in [4.69, 9.17) is 0 Å². The van der Waals surface area contributed by atoms with Crippen LogP contribution in [0.3, 0.4) is 0 Å². The maximum absolute atomic E-state index is 13.1. The van der Waals surface area contributed by atoms with Gasteiger partial charge in [0, 0.05) is 10.5 Å². The van der Waals surface area contributed by atoms with Gasteiger partial charge in [0.1, 0.15) is 17.9 Å². The molecule has 4 heteroatoms. The van der Waals surface area contributed by atoms with Crippen molar-refractivity contribution in [3.05, 3.63) is 33.8 Å². The smallest absolute Gasteiger partial charge is 0.142 e. The second kappa shape index (κ2) is 4.87. The molecule has 0 unspecified atom stereocenters. The Hall–Kier alpha value is -1.21. The fourth-order valence-electron chi connectivity index (χ4n) is 0.843. The molecule has 0 amide bonds. The van der Waals surface area contributed by atoms with Crippen LogP contribution in [0.4, 0.5) is 8.78 Å². The zero-order valence-electron chi connectivity index (χ0n) is 6.98. The summed E-state index contributed by atoms with van der Waals surface area (Å²) in [7, 11) is 0.